The molecule has 2 aromatic carbocycles. The molecule has 1 aliphatic rings. The lowest BCUT2D eigenvalue weighted by Crippen LogP contribution is -2.41. The van der Waals surface area contributed by atoms with Crippen LogP contribution in [-0.2, 0) is 11.3 Å². The van der Waals surface area contributed by atoms with Gasteiger partial charge in [0.1, 0.15) is 17.5 Å². The van der Waals surface area contributed by atoms with E-state index in [1.165, 1.54) is 5.56 Å². The van der Waals surface area contributed by atoms with Crippen LogP contribution in [0.15, 0.2) is 48.5 Å². The molecule has 0 bridgehead atoms. The Labute approximate surface area is 163 Å². The Balaban J connectivity index is 1.42. The van der Waals surface area contributed by atoms with Gasteiger partial charge >= 0.3 is 0 Å². The molecule has 0 aliphatic carbocycles. The maximum Gasteiger partial charge on any atom is 0.268 e. The summed E-state index contributed by atoms with van der Waals surface area (Å²) < 4.78 is 5.22. The first-order chi connectivity index (χ1) is 13.5. The van der Waals surface area contributed by atoms with Gasteiger partial charge in [0.2, 0.25) is 5.91 Å². The summed E-state index contributed by atoms with van der Waals surface area (Å²) in [4.78, 5) is 30.2. The van der Waals surface area contributed by atoms with E-state index < -0.39 is 6.04 Å². The number of aryl methyl sites for hydroxylation is 1. The molecule has 1 aromatic heterocycles. The van der Waals surface area contributed by atoms with Gasteiger partial charge in [0, 0.05) is 24.0 Å². The fourth-order valence-electron chi connectivity index (χ4n) is 3.54. The average Bonchev–Trinajstić information content (AvgIpc) is 3.27. The van der Waals surface area contributed by atoms with E-state index in [4.69, 9.17) is 4.74 Å². The maximum absolute atomic E-state index is 12.7. The van der Waals surface area contributed by atoms with Crippen LogP contribution in [0.3, 0.4) is 0 Å². The monoisotopic (exact) mass is 377 g/mol. The second-order valence-corrected chi connectivity index (χ2v) is 7.20. The van der Waals surface area contributed by atoms with Crippen molar-refractivity contribution >= 4 is 22.7 Å². The van der Waals surface area contributed by atoms with Gasteiger partial charge in [-0.1, -0.05) is 29.8 Å². The molecule has 0 unspecified atom stereocenters. The molecule has 1 saturated heterocycles. The fraction of sp³-hybridized carbons (Fsp3) is 0.273. The van der Waals surface area contributed by atoms with Crippen molar-refractivity contribution in [3.8, 4) is 5.75 Å². The molecule has 6 nitrogen and oxygen atoms in total. The Bertz CT molecular complexity index is 1020. The molecule has 2 N–H and O–H groups in total. The normalized spacial score (nSPS) is 16.6. The van der Waals surface area contributed by atoms with Crippen LogP contribution in [-0.4, -0.2) is 41.4 Å². The number of benzene rings is 2. The minimum Gasteiger partial charge on any atom is -0.497 e. The zero-order valence-corrected chi connectivity index (χ0v) is 16.0. The zero-order chi connectivity index (χ0) is 19.7. The van der Waals surface area contributed by atoms with Crippen LogP contribution in [0.4, 0.5) is 0 Å². The lowest BCUT2D eigenvalue weighted by Gasteiger charge is -2.17. The molecule has 6 heteroatoms. The second-order valence-electron chi connectivity index (χ2n) is 7.20. The number of nitrogens with one attached hydrogen (secondary N) is 2. The van der Waals surface area contributed by atoms with Gasteiger partial charge in [-0.15, -0.1) is 0 Å². The molecule has 28 heavy (non-hydrogen) atoms. The quantitative estimate of drug-likeness (QED) is 0.718. The number of hydrogen-bond acceptors (Lipinski definition) is 3. The second kappa shape index (κ2) is 7.38. The Morgan fingerprint density at radius 1 is 1.21 bits per heavy atom. The van der Waals surface area contributed by atoms with Gasteiger partial charge in [0.15, 0.2) is 0 Å². The minimum absolute atomic E-state index is 0.0355. The van der Waals surface area contributed by atoms with Crippen molar-refractivity contribution in [2.24, 2.45) is 0 Å². The van der Waals surface area contributed by atoms with Gasteiger partial charge in [-0.05, 0) is 43.2 Å². The third-order valence-electron chi connectivity index (χ3n) is 5.17. The molecule has 2 amide bonds. The molecule has 144 valence electrons. The number of nitrogens with zero attached hydrogens (tertiary/aromatic N) is 1. The smallest absolute Gasteiger partial charge is 0.268 e. The van der Waals surface area contributed by atoms with Crippen molar-refractivity contribution in [3.63, 3.8) is 0 Å². The highest BCUT2D eigenvalue weighted by atomic mass is 16.5. The summed E-state index contributed by atoms with van der Waals surface area (Å²) in [5.74, 6) is 0.425. The number of H-pyrrole nitrogens is 1. The summed E-state index contributed by atoms with van der Waals surface area (Å²) >= 11 is 0. The summed E-state index contributed by atoms with van der Waals surface area (Å²) in [6.45, 7) is 3.25. The summed E-state index contributed by atoms with van der Waals surface area (Å²) in [7, 11) is 1.61. The fourth-order valence-corrected chi connectivity index (χ4v) is 3.54. The molecule has 2 heterocycles. The Kier molecular flexibility index (Phi) is 4.77. The molecule has 0 saturated carbocycles. The van der Waals surface area contributed by atoms with Crippen molar-refractivity contribution in [1.82, 2.24) is 15.2 Å². The van der Waals surface area contributed by atoms with Gasteiger partial charge in [-0.3, -0.25) is 9.59 Å². The van der Waals surface area contributed by atoms with E-state index in [1.807, 2.05) is 49.4 Å². The number of rotatable bonds is 5. The highest BCUT2D eigenvalue weighted by Gasteiger charge is 2.33. The highest BCUT2D eigenvalue weighted by Crippen LogP contribution is 2.22. The first-order valence-electron chi connectivity index (χ1n) is 9.35. The average molecular weight is 377 g/mol. The van der Waals surface area contributed by atoms with E-state index in [9.17, 15) is 9.59 Å². The first kappa shape index (κ1) is 18.1. The summed E-state index contributed by atoms with van der Waals surface area (Å²) in [6.07, 6.45) is 0.616. The highest BCUT2D eigenvalue weighted by molar-refractivity contribution is 6.00. The molecule has 3 aromatic rings. The van der Waals surface area contributed by atoms with Gasteiger partial charge in [0.05, 0.1) is 7.11 Å². The number of aromatic amines is 1. The van der Waals surface area contributed by atoms with Crippen LogP contribution < -0.4 is 10.1 Å². The lowest BCUT2D eigenvalue weighted by molar-refractivity contribution is -0.129. The molecule has 4 rings (SSSR count). The van der Waals surface area contributed by atoms with E-state index in [1.54, 1.807) is 18.1 Å². The molecular formula is C22H23N3O3. The molecule has 0 spiro atoms. The van der Waals surface area contributed by atoms with Gasteiger partial charge in [-0.25, -0.2) is 0 Å². The van der Waals surface area contributed by atoms with Gasteiger partial charge in [-0.2, -0.15) is 0 Å². The van der Waals surface area contributed by atoms with Crippen molar-refractivity contribution in [1.29, 1.82) is 0 Å². The number of methoxy groups -OCH3 is 1. The van der Waals surface area contributed by atoms with Crippen molar-refractivity contribution in [3.05, 3.63) is 65.4 Å². The van der Waals surface area contributed by atoms with Crippen LogP contribution >= 0.6 is 0 Å². The van der Waals surface area contributed by atoms with Crippen molar-refractivity contribution in [2.75, 3.05) is 13.7 Å². The third-order valence-corrected chi connectivity index (χ3v) is 5.17. The third kappa shape index (κ3) is 3.58. The molecule has 1 aliphatic heterocycles. The van der Waals surface area contributed by atoms with Crippen molar-refractivity contribution in [2.45, 2.75) is 25.9 Å². The van der Waals surface area contributed by atoms with Crippen LogP contribution in [0.1, 0.15) is 28.0 Å². The Morgan fingerprint density at radius 3 is 2.75 bits per heavy atom. The predicted molar refractivity (Wildman–Crippen MR) is 107 cm³/mol. The number of ether oxygens (including phenoxy) is 1. The van der Waals surface area contributed by atoms with Crippen LogP contribution in [0.25, 0.3) is 10.9 Å². The van der Waals surface area contributed by atoms with E-state index in [0.29, 0.717) is 25.2 Å². The Hall–Kier alpha value is -3.28. The number of carbonyl (C=O) groups is 2. The number of hydrogen-bond donors (Lipinski definition) is 2. The number of likely N-dealkylation sites (tertiary alicyclic amines) is 1. The number of amides is 2. The van der Waals surface area contributed by atoms with Gasteiger partial charge in [0.25, 0.3) is 5.91 Å². The van der Waals surface area contributed by atoms with Crippen LogP contribution in [0, 0.1) is 6.92 Å². The summed E-state index contributed by atoms with van der Waals surface area (Å²) in [5.41, 5.74) is 3.57. The molecule has 1 fully saturated rings. The standard InChI is InChI=1S/C22H23N3O3/c1-14-3-5-15(6-4-14)13-25-10-9-19(22(25)27)24-21(26)20-12-16-11-17(28-2)7-8-18(16)23-20/h3-8,11-12,19,23H,9-10,13H2,1-2H3,(H,24,26)/t19-/m1/s1. The topological polar surface area (TPSA) is 74.4 Å². The molecule has 0 radical (unpaired) electrons. The lowest BCUT2D eigenvalue weighted by atomic mass is 10.1. The first-order valence-corrected chi connectivity index (χ1v) is 9.35. The Morgan fingerprint density at radius 2 is 2.00 bits per heavy atom. The molecular weight excluding hydrogens is 354 g/mol. The number of fused-ring (bicyclic) bond motifs is 1. The van der Waals surface area contributed by atoms with Gasteiger partial charge < -0.3 is 19.9 Å². The van der Waals surface area contributed by atoms with Crippen molar-refractivity contribution < 1.29 is 14.3 Å². The number of carbonyl (C=O) groups excluding carboxylic acids is 2. The molecule has 1 atom stereocenters. The van der Waals surface area contributed by atoms with Crippen LogP contribution in [0.2, 0.25) is 0 Å². The van der Waals surface area contributed by atoms with E-state index >= 15 is 0 Å². The predicted octanol–water partition coefficient (Wildman–Crippen LogP) is 3.02. The largest absolute Gasteiger partial charge is 0.497 e. The SMILES string of the molecule is COc1ccc2[nH]c(C(=O)N[C@@H]3CCN(Cc4ccc(C)cc4)C3=O)cc2c1. The number of aromatic nitrogens is 1. The van der Waals surface area contributed by atoms with E-state index in [2.05, 4.69) is 10.3 Å². The van der Waals surface area contributed by atoms with E-state index in [-0.39, 0.29) is 11.8 Å². The minimum atomic E-state index is -0.487. The van der Waals surface area contributed by atoms with E-state index in [0.717, 1.165) is 22.2 Å². The summed E-state index contributed by atoms with van der Waals surface area (Å²) in [6, 6.07) is 15.0. The van der Waals surface area contributed by atoms with Crippen LogP contribution in [0.5, 0.6) is 5.75 Å². The summed E-state index contributed by atoms with van der Waals surface area (Å²) in [5, 5.41) is 3.76. The maximum atomic E-state index is 12.7. The zero-order valence-electron chi connectivity index (χ0n) is 16.0.